The fraction of sp³-hybridized carbons (Fsp3) is 0.0400. The summed E-state index contributed by atoms with van der Waals surface area (Å²) in [4.78, 5) is 24.1. The molecule has 0 spiro atoms. The predicted octanol–water partition coefficient (Wildman–Crippen LogP) is 4.71. The zero-order chi connectivity index (χ0) is 23.4. The highest BCUT2D eigenvalue weighted by molar-refractivity contribution is 7.93. The van der Waals surface area contributed by atoms with Crippen molar-refractivity contribution in [3.8, 4) is 5.75 Å². The second-order valence-electron chi connectivity index (χ2n) is 7.15. The zero-order valence-electron chi connectivity index (χ0n) is 17.6. The highest BCUT2D eigenvalue weighted by atomic mass is 32.2. The summed E-state index contributed by atoms with van der Waals surface area (Å²) in [5, 5.41) is 3.78. The highest BCUT2D eigenvalue weighted by Crippen LogP contribution is 2.31. The lowest BCUT2D eigenvalue weighted by atomic mass is 10.1. The van der Waals surface area contributed by atoms with Crippen LogP contribution in [0, 0.1) is 0 Å². The van der Waals surface area contributed by atoms with Gasteiger partial charge in [-0.05, 0) is 42.5 Å². The molecule has 33 heavy (non-hydrogen) atoms. The van der Waals surface area contributed by atoms with Gasteiger partial charge in [0, 0.05) is 27.7 Å². The fourth-order valence-electron chi connectivity index (χ4n) is 3.48. The molecular weight excluding hydrogens is 440 g/mol. The first-order valence-electron chi connectivity index (χ1n) is 9.97. The van der Waals surface area contributed by atoms with Gasteiger partial charge < -0.3 is 10.1 Å². The second kappa shape index (κ2) is 9.13. The summed E-state index contributed by atoms with van der Waals surface area (Å²) in [6.45, 7) is 0. The Kier molecular flexibility index (Phi) is 6.10. The van der Waals surface area contributed by atoms with Crippen LogP contribution in [0.1, 0.15) is 20.7 Å². The molecular formula is C25H20N2O5S. The Balaban J connectivity index is 1.70. The number of fused-ring (bicyclic) bond motifs is 1. The van der Waals surface area contributed by atoms with Crippen LogP contribution in [0.15, 0.2) is 89.8 Å². The topological polar surface area (TPSA) is 102 Å². The van der Waals surface area contributed by atoms with Crippen molar-refractivity contribution in [2.45, 2.75) is 4.90 Å². The summed E-state index contributed by atoms with van der Waals surface area (Å²) in [6, 6.07) is 22.8. The highest BCUT2D eigenvalue weighted by Gasteiger charge is 2.20. The monoisotopic (exact) mass is 460 g/mol. The third-order valence-electron chi connectivity index (χ3n) is 5.10. The van der Waals surface area contributed by atoms with Crippen molar-refractivity contribution in [2.24, 2.45) is 0 Å². The molecule has 0 aliphatic rings. The van der Waals surface area contributed by atoms with E-state index in [0.717, 1.165) is 0 Å². The van der Waals surface area contributed by atoms with Crippen LogP contribution in [0.3, 0.4) is 0 Å². The molecule has 166 valence electrons. The molecule has 0 atom stereocenters. The molecule has 0 aliphatic heterocycles. The Morgan fingerprint density at radius 2 is 1.52 bits per heavy atom. The third-order valence-corrected chi connectivity index (χ3v) is 6.54. The number of sulfonamides is 1. The number of methoxy groups -OCH3 is 1. The van der Waals surface area contributed by atoms with Crippen LogP contribution in [0.2, 0.25) is 0 Å². The minimum absolute atomic E-state index is 0.0696. The number of anilines is 2. The molecule has 0 aromatic heterocycles. The molecule has 0 bridgehead atoms. The van der Waals surface area contributed by atoms with Crippen molar-refractivity contribution < 1.29 is 22.7 Å². The van der Waals surface area contributed by atoms with E-state index in [1.165, 1.54) is 19.2 Å². The minimum atomic E-state index is -3.92. The zero-order valence-corrected chi connectivity index (χ0v) is 18.4. The molecule has 0 radical (unpaired) electrons. The summed E-state index contributed by atoms with van der Waals surface area (Å²) >= 11 is 0. The average molecular weight is 461 g/mol. The number of benzene rings is 4. The van der Waals surface area contributed by atoms with E-state index in [1.54, 1.807) is 72.8 Å². The summed E-state index contributed by atoms with van der Waals surface area (Å²) in [7, 11) is -2.39. The first-order valence-corrected chi connectivity index (χ1v) is 11.5. The van der Waals surface area contributed by atoms with Gasteiger partial charge in [-0.15, -0.1) is 0 Å². The van der Waals surface area contributed by atoms with Gasteiger partial charge in [-0.1, -0.05) is 42.5 Å². The molecule has 0 saturated carbocycles. The Morgan fingerprint density at radius 1 is 0.848 bits per heavy atom. The van der Waals surface area contributed by atoms with Gasteiger partial charge in [0.15, 0.2) is 6.29 Å². The Bertz CT molecular complexity index is 1450. The minimum Gasteiger partial charge on any atom is -0.497 e. The van der Waals surface area contributed by atoms with E-state index < -0.39 is 15.9 Å². The van der Waals surface area contributed by atoms with Gasteiger partial charge in [0.1, 0.15) is 5.75 Å². The summed E-state index contributed by atoms with van der Waals surface area (Å²) < 4.78 is 34.0. The lowest BCUT2D eigenvalue weighted by molar-refractivity contribution is 0.101. The molecule has 4 aromatic rings. The number of hydrogen-bond acceptors (Lipinski definition) is 5. The van der Waals surface area contributed by atoms with Crippen LogP contribution in [-0.2, 0) is 10.0 Å². The molecule has 0 fully saturated rings. The van der Waals surface area contributed by atoms with Gasteiger partial charge in [0.2, 0.25) is 0 Å². The third kappa shape index (κ3) is 4.56. The van der Waals surface area contributed by atoms with Gasteiger partial charge in [0.25, 0.3) is 15.9 Å². The first-order chi connectivity index (χ1) is 15.9. The number of nitrogens with one attached hydrogen (secondary N) is 2. The number of rotatable bonds is 7. The molecule has 0 aliphatic carbocycles. The van der Waals surface area contributed by atoms with E-state index in [9.17, 15) is 18.0 Å². The van der Waals surface area contributed by atoms with E-state index in [2.05, 4.69) is 10.0 Å². The van der Waals surface area contributed by atoms with Crippen molar-refractivity contribution in [1.29, 1.82) is 0 Å². The SMILES string of the molecule is COc1ccc(NS(=O)(=O)c2ccc(NC(=O)c3ccccc3C=O)c3ccccc23)cc1. The molecule has 0 unspecified atom stereocenters. The van der Waals surface area contributed by atoms with Crippen LogP contribution >= 0.6 is 0 Å². The molecule has 4 rings (SSSR count). The van der Waals surface area contributed by atoms with E-state index in [1.807, 2.05) is 0 Å². The van der Waals surface area contributed by atoms with Crippen molar-refractivity contribution >= 4 is 44.4 Å². The maximum absolute atomic E-state index is 13.1. The fourth-order valence-corrected chi connectivity index (χ4v) is 4.75. The van der Waals surface area contributed by atoms with Crippen LogP contribution in [0.25, 0.3) is 10.8 Å². The van der Waals surface area contributed by atoms with E-state index >= 15 is 0 Å². The Hall–Kier alpha value is -4.17. The van der Waals surface area contributed by atoms with Crippen molar-refractivity contribution in [3.05, 3.63) is 96.1 Å². The number of hydrogen-bond donors (Lipinski definition) is 2. The lowest BCUT2D eigenvalue weighted by Crippen LogP contribution is -2.16. The van der Waals surface area contributed by atoms with E-state index in [-0.39, 0.29) is 16.0 Å². The van der Waals surface area contributed by atoms with E-state index in [4.69, 9.17) is 4.74 Å². The number of carbonyl (C=O) groups excluding carboxylic acids is 2. The molecule has 4 aromatic carbocycles. The molecule has 2 N–H and O–H groups in total. The summed E-state index contributed by atoms with van der Waals surface area (Å²) in [5.74, 6) is 0.148. The molecule has 0 heterocycles. The van der Waals surface area contributed by atoms with Crippen LogP contribution in [0.4, 0.5) is 11.4 Å². The van der Waals surface area contributed by atoms with Crippen molar-refractivity contribution in [2.75, 3.05) is 17.1 Å². The van der Waals surface area contributed by atoms with E-state index in [0.29, 0.717) is 34.2 Å². The summed E-state index contributed by atoms with van der Waals surface area (Å²) in [6.07, 6.45) is 0.619. The number of ether oxygens (including phenoxy) is 1. The van der Waals surface area contributed by atoms with Crippen molar-refractivity contribution in [3.63, 3.8) is 0 Å². The average Bonchev–Trinajstić information content (AvgIpc) is 2.84. The Morgan fingerprint density at radius 3 is 2.21 bits per heavy atom. The normalized spacial score (nSPS) is 11.1. The maximum Gasteiger partial charge on any atom is 0.262 e. The predicted molar refractivity (Wildman–Crippen MR) is 128 cm³/mol. The van der Waals surface area contributed by atoms with Crippen molar-refractivity contribution in [1.82, 2.24) is 0 Å². The van der Waals surface area contributed by atoms with Crippen LogP contribution in [0.5, 0.6) is 5.75 Å². The quantitative estimate of drug-likeness (QED) is 0.389. The number of aldehydes is 1. The summed E-state index contributed by atoms with van der Waals surface area (Å²) in [5.41, 5.74) is 1.32. The molecule has 1 amide bonds. The molecule has 0 saturated heterocycles. The lowest BCUT2D eigenvalue weighted by Gasteiger charge is -2.14. The number of amides is 1. The first kappa shape index (κ1) is 22.0. The Labute approximate surface area is 191 Å². The van der Waals surface area contributed by atoms with Crippen LogP contribution in [-0.4, -0.2) is 27.7 Å². The molecule has 7 nitrogen and oxygen atoms in total. The van der Waals surface area contributed by atoms with Gasteiger partial charge in [-0.25, -0.2) is 8.42 Å². The largest absolute Gasteiger partial charge is 0.497 e. The van der Waals surface area contributed by atoms with Crippen LogP contribution < -0.4 is 14.8 Å². The van der Waals surface area contributed by atoms with Gasteiger partial charge >= 0.3 is 0 Å². The maximum atomic E-state index is 13.1. The van der Waals surface area contributed by atoms with Gasteiger partial charge in [-0.3, -0.25) is 14.3 Å². The van der Waals surface area contributed by atoms with Gasteiger partial charge in [-0.2, -0.15) is 0 Å². The van der Waals surface area contributed by atoms with Gasteiger partial charge in [0.05, 0.1) is 17.6 Å². The number of carbonyl (C=O) groups is 2. The molecule has 8 heteroatoms. The standard InChI is InChI=1S/C25H20N2O5S/c1-32-19-12-10-18(11-13-19)27-33(30,31)24-15-14-23(21-8-4-5-9-22(21)24)26-25(29)20-7-3-2-6-17(20)16-28/h2-16,27H,1H3,(H,26,29). The second-order valence-corrected chi connectivity index (χ2v) is 8.80. The smallest absolute Gasteiger partial charge is 0.262 e.